The zero-order valence-corrected chi connectivity index (χ0v) is 14.6. The Morgan fingerprint density at radius 3 is 2.60 bits per heavy atom. The molecule has 25 heavy (non-hydrogen) atoms. The average Bonchev–Trinajstić information content (AvgIpc) is 2.93. The first-order valence-corrected chi connectivity index (χ1v) is 9.43. The number of benzene rings is 1. The molecule has 6 nitrogen and oxygen atoms in total. The van der Waals surface area contributed by atoms with E-state index >= 15 is 0 Å². The van der Waals surface area contributed by atoms with E-state index in [1.165, 1.54) is 11.0 Å². The molecule has 0 radical (unpaired) electrons. The maximum atomic E-state index is 12.9. The Kier molecular flexibility index (Phi) is 4.27. The third-order valence-electron chi connectivity index (χ3n) is 4.69. The molecule has 1 aromatic rings. The molecular weight excluding hydrogens is 356 g/mol. The van der Waals surface area contributed by atoms with Gasteiger partial charge in [-0.2, -0.15) is 8.78 Å². The summed E-state index contributed by atoms with van der Waals surface area (Å²) < 4.78 is 55.0. The first kappa shape index (κ1) is 18.1. The van der Waals surface area contributed by atoms with Crippen LogP contribution < -0.4 is 4.74 Å². The Labute approximate surface area is 144 Å². The number of likely N-dealkylation sites (tertiary alicyclic amines) is 1. The predicted molar refractivity (Wildman–Crippen MR) is 84.0 cm³/mol. The maximum absolute atomic E-state index is 12.9. The minimum atomic E-state index is -4.79. The van der Waals surface area contributed by atoms with E-state index in [9.17, 15) is 27.1 Å². The zero-order valence-electron chi connectivity index (χ0n) is 13.8. The molecular formula is C16H19F2NO5S. The first-order chi connectivity index (χ1) is 11.6. The number of aliphatic hydroxyl groups excluding tert-OH is 1. The number of nitrogens with zero attached hydrogens (tertiary/aromatic N) is 1. The van der Waals surface area contributed by atoms with Gasteiger partial charge in [0.05, 0.1) is 10.9 Å². The minimum absolute atomic E-state index is 0.171. The highest BCUT2D eigenvalue weighted by Crippen LogP contribution is 2.45. The van der Waals surface area contributed by atoms with E-state index in [2.05, 4.69) is 0 Å². The van der Waals surface area contributed by atoms with Gasteiger partial charge in [0.2, 0.25) is 15.7 Å². The molecule has 9 heteroatoms. The summed E-state index contributed by atoms with van der Waals surface area (Å²) in [6.45, 7) is 3.71. The van der Waals surface area contributed by atoms with E-state index in [0.29, 0.717) is 19.4 Å². The number of carbonyl (C=O) groups excluding carboxylic acids is 1. The molecule has 0 bridgehead atoms. The topological polar surface area (TPSA) is 83.9 Å². The number of carbonyl (C=O) groups is 1. The second-order valence-electron chi connectivity index (χ2n) is 6.79. The summed E-state index contributed by atoms with van der Waals surface area (Å²) in [6.07, 6.45) is -0.186. The standard InChI is InChI=1S/C16H19F2NO5S/c1-16(2)14(21)13(19-7-3-4-12(19)20)10-8-9(5-6-11(10)24-16)25(22,23)15(17)18/h5-6,8,13-15,21H,3-4,7H2,1-2H3. The molecule has 0 aromatic heterocycles. The van der Waals surface area contributed by atoms with Crippen LogP contribution >= 0.6 is 0 Å². The average molecular weight is 375 g/mol. The fraction of sp³-hybridized carbons (Fsp3) is 0.562. The Morgan fingerprint density at radius 1 is 1.36 bits per heavy atom. The highest BCUT2D eigenvalue weighted by atomic mass is 32.2. The number of amides is 1. The highest BCUT2D eigenvalue weighted by Gasteiger charge is 2.48. The van der Waals surface area contributed by atoms with Gasteiger partial charge in [-0.05, 0) is 38.5 Å². The lowest BCUT2D eigenvalue weighted by atomic mass is 9.85. The zero-order chi connectivity index (χ0) is 18.6. The number of alkyl halides is 2. The SMILES string of the molecule is CC1(C)Oc2ccc(S(=O)(=O)C(F)F)cc2C(N2CCCC2=O)C1O. The van der Waals surface area contributed by atoms with Crippen LogP contribution in [-0.2, 0) is 14.6 Å². The Hall–Kier alpha value is -1.74. The third-order valence-corrected chi connectivity index (χ3v) is 6.07. The van der Waals surface area contributed by atoms with Gasteiger partial charge in [-0.25, -0.2) is 8.42 Å². The summed E-state index contributed by atoms with van der Waals surface area (Å²) in [4.78, 5) is 13.1. The number of hydrogen-bond acceptors (Lipinski definition) is 5. The molecule has 1 N–H and O–H groups in total. The van der Waals surface area contributed by atoms with Crippen molar-refractivity contribution in [1.82, 2.24) is 4.90 Å². The third kappa shape index (κ3) is 2.89. The maximum Gasteiger partial charge on any atom is 0.341 e. The van der Waals surface area contributed by atoms with Crippen LogP contribution in [-0.4, -0.2) is 48.3 Å². The smallest absolute Gasteiger partial charge is 0.341 e. The van der Waals surface area contributed by atoms with Crippen molar-refractivity contribution < 1.29 is 31.8 Å². The van der Waals surface area contributed by atoms with Gasteiger partial charge in [0, 0.05) is 18.5 Å². The Morgan fingerprint density at radius 2 is 2.04 bits per heavy atom. The predicted octanol–water partition coefficient (Wildman–Crippen LogP) is 1.88. The Balaban J connectivity index is 2.15. The van der Waals surface area contributed by atoms with Crippen molar-refractivity contribution in [3.05, 3.63) is 23.8 Å². The molecule has 3 rings (SSSR count). The van der Waals surface area contributed by atoms with E-state index in [-0.39, 0.29) is 17.2 Å². The molecule has 138 valence electrons. The lowest BCUT2D eigenvalue weighted by Crippen LogP contribution is -2.53. The van der Waals surface area contributed by atoms with Crippen molar-refractivity contribution >= 4 is 15.7 Å². The normalized spacial score (nSPS) is 25.8. The summed E-state index contributed by atoms with van der Waals surface area (Å²) >= 11 is 0. The van der Waals surface area contributed by atoms with Gasteiger partial charge in [-0.15, -0.1) is 0 Å². The van der Waals surface area contributed by atoms with Crippen LogP contribution in [0.25, 0.3) is 0 Å². The van der Waals surface area contributed by atoms with Gasteiger partial charge in [0.25, 0.3) is 0 Å². The van der Waals surface area contributed by atoms with Gasteiger partial charge in [0.15, 0.2) is 0 Å². The summed E-state index contributed by atoms with van der Waals surface area (Å²) in [7, 11) is -4.79. The quantitative estimate of drug-likeness (QED) is 0.872. The molecule has 2 aliphatic rings. The van der Waals surface area contributed by atoms with Crippen LogP contribution in [0, 0.1) is 0 Å². The van der Waals surface area contributed by atoms with Crippen molar-refractivity contribution in [2.45, 2.75) is 55.1 Å². The van der Waals surface area contributed by atoms with Crippen molar-refractivity contribution in [2.75, 3.05) is 6.54 Å². The number of aliphatic hydroxyl groups is 1. The van der Waals surface area contributed by atoms with Crippen molar-refractivity contribution in [3.8, 4) is 5.75 Å². The molecule has 2 heterocycles. The molecule has 1 saturated heterocycles. The Bertz CT molecular complexity index is 809. The van der Waals surface area contributed by atoms with Crippen LogP contribution in [0.5, 0.6) is 5.75 Å². The number of fused-ring (bicyclic) bond motifs is 1. The summed E-state index contributed by atoms with van der Waals surface area (Å²) in [5.74, 6) is -3.45. The van der Waals surface area contributed by atoms with Crippen LogP contribution in [0.15, 0.2) is 23.1 Å². The lowest BCUT2D eigenvalue weighted by molar-refractivity contribution is -0.139. The number of halogens is 2. The van der Waals surface area contributed by atoms with Crippen LogP contribution in [0.2, 0.25) is 0 Å². The van der Waals surface area contributed by atoms with Gasteiger partial charge in [-0.1, -0.05) is 0 Å². The molecule has 0 spiro atoms. The van der Waals surface area contributed by atoms with Gasteiger partial charge in [-0.3, -0.25) is 4.79 Å². The number of hydrogen-bond donors (Lipinski definition) is 1. The van der Waals surface area contributed by atoms with Crippen molar-refractivity contribution in [1.29, 1.82) is 0 Å². The largest absolute Gasteiger partial charge is 0.485 e. The van der Waals surface area contributed by atoms with Crippen LogP contribution in [0.4, 0.5) is 8.78 Å². The summed E-state index contributed by atoms with van der Waals surface area (Å²) in [6, 6.07) is 2.58. The van der Waals surface area contributed by atoms with E-state index in [1.54, 1.807) is 13.8 Å². The van der Waals surface area contributed by atoms with Crippen LogP contribution in [0.1, 0.15) is 38.3 Å². The highest BCUT2D eigenvalue weighted by molar-refractivity contribution is 7.91. The van der Waals surface area contributed by atoms with Crippen molar-refractivity contribution in [3.63, 3.8) is 0 Å². The second kappa shape index (κ2) is 5.91. The summed E-state index contributed by atoms with van der Waals surface area (Å²) in [5.41, 5.74) is -0.798. The van der Waals surface area contributed by atoms with Crippen molar-refractivity contribution in [2.24, 2.45) is 0 Å². The summed E-state index contributed by atoms with van der Waals surface area (Å²) in [5, 5.41) is 10.7. The second-order valence-corrected chi connectivity index (χ2v) is 8.71. The first-order valence-electron chi connectivity index (χ1n) is 7.88. The van der Waals surface area contributed by atoms with E-state index in [0.717, 1.165) is 12.1 Å². The molecule has 2 unspecified atom stereocenters. The fourth-order valence-electron chi connectivity index (χ4n) is 3.33. The van der Waals surface area contributed by atoms with E-state index in [4.69, 9.17) is 4.74 Å². The minimum Gasteiger partial charge on any atom is -0.485 e. The molecule has 0 saturated carbocycles. The number of sulfone groups is 1. The fourth-order valence-corrected chi connectivity index (χ4v) is 4.08. The number of ether oxygens (including phenoxy) is 1. The molecule has 1 aromatic carbocycles. The van der Waals surface area contributed by atoms with Crippen LogP contribution in [0.3, 0.4) is 0 Å². The van der Waals surface area contributed by atoms with Gasteiger partial charge in [0.1, 0.15) is 17.5 Å². The van der Waals surface area contributed by atoms with E-state index in [1.807, 2.05) is 0 Å². The number of rotatable bonds is 3. The van der Waals surface area contributed by atoms with Gasteiger partial charge < -0.3 is 14.7 Å². The van der Waals surface area contributed by atoms with Gasteiger partial charge >= 0.3 is 5.76 Å². The molecule has 2 atom stereocenters. The molecule has 1 amide bonds. The molecule has 0 aliphatic carbocycles. The van der Waals surface area contributed by atoms with E-state index < -0.39 is 38.2 Å². The monoisotopic (exact) mass is 375 g/mol. The molecule has 1 fully saturated rings. The lowest BCUT2D eigenvalue weighted by Gasteiger charge is -2.45. The molecule has 2 aliphatic heterocycles.